The maximum absolute atomic E-state index is 9.24. The van der Waals surface area contributed by atoms with Crippen LogP contribution in [-0.2, 0) is 14.3 Å². The number of halogens is 1. The number of aliphatic hydroxyl groups is 1. The maximum atomic E-state index is 9.24. The van der Waals surface area contributed by atoms with Crippen molar-refractivity contribution in [2.24, 2.45) is 0 Å². The monoisotopic (exact) mass is 214 g/mol. The van der Waals surface area contributed by atoms with Gasteiger partial charge in [0, 0.05) is 7.11 Å². The quantitative estimate of drug-likeness (QED) is 0.531. The van der Waals surface area contributed by atoms with Crippen molar-refractivity contribution in [1.29, 1.82) is 0 Å². The molecule has 0 spiro atoms. The number of carboxylic acid groups (broad SMARTS) is 1. The minimum absolute atomic E-state index is 0.306. The van der Waals surface area contributed by atoms with E-state index in [1.807, 2.05) is 0 Å². The van der Waals surface area contributed by atoms with Crippen molar-refractivity contribution in [2.45, 2.75) is 26.4 Å². The summed E-state index contributed by atoms with van der Waals surface area (Å²) in [6.45, 7) is 3.25. The standard InChI is InChI=1S/C5H12O3.C2H3ClO2/c1-4(6)8-5(2)7-3;3-1-2(4)5/h4-6H,1-3H3;1H2,(H,4,5). The number of aliphatic hydroxyl groups excluding tert-OH is 1. The zero-order valence-electron chi connectivity index (χ0n) is 7.86. The first-order chi connectivity index (χ1) is 5.93. The maximum Gasteiger partial charge on any atom is 0.318 e. The second-order valence-electron chi connectivity index (χ2n) is 2.07. The van der Waals surface area contributed by atoms with Crippen LogP contribution in [0.5, 0.6) is 0 Å². The van der Waals surface area contributed by atoms with Crippen LogP contribution in [0.15, 0.2) is 0 Å². The number of carboxylic acids is 1. The van der Waals surface area contributed by atoms with Gasteiger partial charge in [0.25, 0.3) is 0 Å². The number of ether oxygens (including phenoxy) is 2. The average molecular weight is 215 g/mol. The molecule has 0 aromatic heterocycles. The highest BCUT2D eigenvalue weighted by molar-refractivity contribution is 6.26. The van der Waals surface area contributed by atoms with Crippen LogP contribution in [0.2, 0.25) is 0 Å². The van der Waals surface area contributed by atoms with Gasteiger partial charge in [-0.2, -0.15) is 0 Å². The fourth-order valence-electron chi connectivity index (χ4n) is 0.333. The first-order valence-electron chi connectivity index (χ1n) is 3.58. The minimum atomic E-state index is -0.980. The largest absolute Gasteiger partial charge is 0.480 e. The Morgan fingerprint density at radius 3 is 2.00 bits per heavy atom. The van der Waals surface area contributed by atoms with Gasteiger partial charge in [-0.1, -0.05) is 0 Å². The Bertz CT molecular complexity index is 128. The number of methoxy groups -OCH3 is 1. The summed E-state index contributed by atoms with van der Waals surface area (Å²) in [5.41, 5.74) is 0. The number of carbonyl (C=O) groups is 1. The van der Waals surface area contributed by atoms with Gasteiger partial charge in [-0.05, 0) is 13.8 Å². The molecule has 0 rings (SSSR count). The molecule has 0 aliphatic rings. The molecule has 0 amide bonds. The highest BCUT2D eigenvalue weighted by Crippen LogP contribution is 1.93. The normalized spacial score (nSPS) is 13.9. The molecule has 0 aromatic rings. The van der Waals surface area contributed by atoms with Gasteiger partial charge in [-0.15, -0.1) is 11.6 Å². The van der Waals surface area contributed by atoms with Crippen molar-refractivity contribution >= 4 is 17.6 Å². The third-order valence-corrected chi connectivity index (χ3v) is 1.06. The summed E-state index contributed by atoms with van der Waals surface area (Å²) < 4.78 is 9.41. The van der Waals surface area contributed by atoms with E-state index < -0.39 is 12.3 Å². The van der Waals surface area contributed by atoms with E-state index in [1.54, 1.807) is 6.92 Å². The predicted molar refractivity (Wildman–Crippen MR) is 47.6 cm³/mol. The molecule has 0 fully saturated rings. The molecule has 2 atom stereocenters. The molecule has 2 N–H and O–H groups in total. The first kappa shape index (κ1) is 15.1. The van der Waals surface area contributed by atoms with Crippen molar-refractivity contribution in [3.05, 3.63) is 0 Å². The van der Waals surface area contributed by atoms with Gasteiger partial charge >= 0.3 is 5.97 Å². The third-order valence-electron chi connectivity index (χ3n) is 0.835. The molecule has 0 aromatic carbocycles. The number of rotatable bonds is 4. The fraction of sp³-hybridized carbons (Fsp3) is 0.857. The first-order valence-corrected chi connectivity index (χ1v) is 4.11. The van der Waals surface area contributed by atoms with Gasteiger partial charge in [0.15, 0.2) is 12.6 Å². The van der Waals surface area contributed by atoms with Crippen molar-refractivity contribution in [3.63, 3.8) is 0 Å². The van der Waals surface area contributed by atoms with Crippen LogP contribution in [0.3, 0.4) is 0 Å². The van der Waals surface area contributed by atoms with Crippen LogP contribution < -0.4 is 0 Å². The predicted octanol–water partition coefficient (Wildman–Crippen LogP) is 0.643. The molecule has 5 nitrogen and oxygen atoms in total. The molecule has 0 bridgehead atoms. The minimum Gasteiger partial charge on any atom is -0.480 e. The van der Waals surface area contributed by atoms with Gasteiger partial charge in [0.05, 0.1) is 0 Å². The zero-order chi connectivity index (χ0) is 10.9. The summed E-state index contributed by atoms with van der Waals surface area (Å²) in [6, 6.07) is 0. The fourth-order valence-corrected chi connectivity index (χ4v) is 0.333. The lowest BCUT2D eigenvalue weighted by molar-refractivity contribution is -0.202. The molecule has 80 valence electrons. The van der Waals surface area contributed by atoms with Gasteiger partial charge in [0.1, 0.15) is 5.88 Å². The Morgan fingerprint density at radius 1 is 1.54 bits per heavy atom. The summed E-state index contributed by atoms with van der Waals surface area (Å²) in [6.07, 6.45) is -1.07. The van der Waals surface area contributed by atoms with Crippen LogP contribution >= 0.6 is 11.6 Å². The Morgan fingerprint density at radius 2 is 1.92 bits per heavy atom. The van der Waals surface area contributed by atoms with Crippen molar-refractivity contribution in [3.8, 4) is 0 Å². The number of hydrogen-bond donors (Lipinski definition) is 2. The van der Waals surface area contributed by atoms with Crippen molar-refractivity contribution in [1.82, 2.24) is 0 Å². The lowest BCUT2D eigenvalue weighted by Crippen LogP contribution is -2.17. The Balaban J connectivity index is 0. The van der Waals surface area contributed by atoms with Crippen LogP contribution in [0, 0.1) is 0 Å². The van der Waals surface area contributed by atoms with E-state index in [-0.39, 0.29) is 12.2 Å². The molecule has 2 unspecified atom stereocenters. The van der Waals surface area contributed by atoms with Gasteiger partial charge in [-0.3, -0.25) is 4.79 Å². The summed E-state index contributed by atoms with van der Waals surface area (Å²) in [7, 11) is 1.52. The second kappa shape index (κ2) is 9.73. The summed E-state index contributed by atoms with van der Waals surface area (Å²) in [4.78, 5) is 9.24. The van der Waals surface area contributed by atoms with E-state index in [0.29, 0.717) is 0 Å². The Kier molecular flexibility index (Phi) is 11.3. The van der Waals surface area contributed by atoms with Gasteiger partial charge < -0.3 is 19.7 Å². The van der Waals surface area contributed by atoms with Crippen LogP contribution in [0.25, 0.3) is 0 Å². The highest BCUT2D eigenvalue weighted by Gasteiger charge is 2.00. The Labute approximate surface area is 82.2 Å². The molecule has 0 saturated heterocycles. The molecule has 6 heteroatoms. The third kappa shape index (κ3) is 18.5. The van der Waals surface area contributed by atoms with E-state index in [4.69, 9.17) is 26.6 Å². The summed E-state index contributed by atoms with van der Waals surface area (Å²) in [5.74, 6) is -1.29. The smallest absolute Gasteiger partial charge is 0.318 e. The molecule has 0 aliphatic heterocycles. The van der Waals surface area contributed by atoms with Gasteiger partial charge in [-0.25, -0.2) is 0 Å². The molecular weight excluding hydrogens is 200 g/mol. The zero-order valence-corrected chi connectivity index (χ0v) is 8.61. The van der Waals surface area contributed by atoms with E-state index in [9.17, 15) is 4.79 Å². The summed E-state index contributed by atoms with van der Waals surface area (Å²) >= 11 is 4.74. The van der Waals surface area contributed by atoms with E-state index >= 15 is 0 Å². The summed E-state index contributed by atoms with van der Waals surface area (Å²) in [5, 5.41) is 16.1. The number of hydrogen-bond acceptors (Lipinski definition) is 4. The SMILES string of the molecule is COC(C)OC(C)O.O=C(O)CCl. The molecule has 13 heavy (non-hydrogen) atoms. The van der Waals surface area contributed by atoms with Crippen molar-refractivity contribution in [2.75, 3.05) is 13.0 Å². The van der Waals surface area contributed by atoms with E-state index in [1.165, 1.54) is 14.0 Å². The molecule has 0 radical (unpaired) electrons. The van der Waals surface area contributed by atoms with Crippen LogP contribution in [0.4, 0.5) is 0 Å². The Hall–Kier alpha value is -0.360. The van der Waals surface area contributed by atoms with Crippen LogP contribution in [0.1, 0.15) is 13.8 Å². The second-order valence-corrected chi connectivity index (χ2v) is 2.33. The topological polar surface area (TPSA) is 76.0 Å². The lowest BCUT2D eigenvalue weighted by atomic mass is 10.7. The van der Waals surface area contributed by atoms with E-state index in [2.05, 4.69) is 4.74 Å². The lowest BCUT2D eigenvalue weighted by Gasteiger charge is -2.12. The molecule has 0 heterocycles. The number of alkyl halides is 1. The average Bonchev–Trinajstić information content (AvgIpc) is 2.04. The van der Waals surface area contributed by atoms with Crippen molar-refractivity contribution < 1.29 is 24.5 Å². The van der Waals surface area contributed by atoms with Crippen LogP contribution in [-0.4, -0.2) is 41.8 Å². The number of aliphatic carboxylic acids is 1. The highest BCUT2D eigenvalue weighted by atomic mass is 35.5. The molecular formula is C7H15ClO5. The molecule has 0 saturated carbocycles. The molecule has 0 aliphatic carbocycles. The van der Waals surface area contributed by atoms with Gasteiger partial charge in [0.2, 0.25) is 0 Å². The van der Waals surface area contributed by atoms with E-state index in [0.717, 1.165) is 0 Å².